The number of allylic oxidation sites excluding steroid dienone is 1. The van der Waals surface area contributed by atoms with E-state index in [0.29, 0.717) is 11.3 Å². The molecule has 0 aliphatic heterocycles. The highest BCUT2D eigenvalue weighted by Crippen LogP contribution is 2.10. The normalized spacial score (nSPS) is 17.5. The fourth-order valence-electron chi connectivity index (χ4n) is 2.10. The van der Waals surface area contributed by atoms with Crippen molar-refractivity contribution in [3.8, 4) is 0 Å². The van der Waals surface area contributed by atoms with E-state index in [9.17, 15) is 9.59 Å². The maximum atomic E-state index is 11.8. The molecule has 1 atom stereocenters. The smallest absolute Gasteiger partial charge is 0.251 e. The zero-order chi connectivity index (χ0) is 14.4. The summed E-state index contributed by atoms with van der Waals surface area (Å²) in [5.74, 6) is -0.433. The molecule has 0 bridgehead atoms. The van der Waals surface area contributed by atoms with Gasteiger partial charge in [0.1, 0.15) is 0 Å². The molecule has 0 saturated carbocycles. The van der Waals surface area contributed by atoms with Crippen LogP contribution in [0.25, 0.3) is 0 Å². The Labute approximate surface area is 118 Å². The molecule has 4 N–H and O–H groups in total. The van der Waals surface area contributed by atoms with Gasteiger partial charge in [0.05, 0.1) is 6.54 Å². The Bertz CT molecular complexity index is 508. The maximum Gasteiger partial charge on any atom is 0.251 e. The van der Waals surface area contributed by atoms with Gasteiger partial charge in [-0.25, -0.2) is 0 Å². The van der Waals surface area contributed by atoms with Gasteiger partial charge in [0.15, 0.2) is 0 Å². The summed E-state index contributed by atoms with van der Waals surface area (Å²) in [5, 5.41) is 5.51. The molecule has 0 radical (unpaired) electrons. The zero-order valence-electron chi connectivity index (χ0n) is 11.3. The van der Waals surface area contributed by atoms with Crippen LogP contribution < -0.4 is 16.4 Å². The molecular weight excluding hydrogens is 254 g/mol. The molecule has 1 aromatic carbocycles. The number of rotatable bonds is 4. The van der Waals surface area contributed by atoms with Crippen LogP contribution in [0.5, 0.6) is 0 Å². The first kappa shape index (κ1) is 14.1. The lowest BCUT2D eigenvalue weighted by atomic mass is 10.0. The van der Waals surface area contributed by atoms with E-state index < -0.39 is 0 Å². The van der Waals surface area contributed by atoms with Gasteiger partial charge in [-0.15, -0.1) is 0 Å². The van der Waals surface area contributed by atoms with E-state index in [-0.39, 0.29) is 24.4 Å². The van der Waals surface area contributed by atoms with Crippen molar-refractivity contribution in [2.45, 2.75) is 25.3 Å². The molecule has 1 aromatic rings. The van der Waals surface area contributed by atoms with Gasteiger partial charge in [-0.2, -0.15) is 0 Å². The third-order valence-corrected chi connectivity index (χ3v) is 3.22. The number of hydrogen-bond donors (Lipinski definition) is 3. The number of nitrogen functional groups attached to an aromatic ring is 1. The van der Waals surface area contributed by atoms with Gasteiger partial charge in [0.25, 0.3) is 5.91 Å². The predicted octanol–water partition coefficient (Wildman–Crippen LogP) is 1.22. The van der Waals surface area contributed by atoms with Crippen LogP contribution in [-0.2, 0) is 4.79 Å². The van der Waals surface area contributed by atoms with Gasteiger partial charge in [-0.3, -0.25) is 9.59 Å². The van der Waals surface area contributed by atoms with Crippen LogP contribution in [0.2, 0.25) is 0 Å². The van der Waals surface area contributed by atoms with E-state index in [4.69, 9.17) is 5.73 Å². The second-order valence-electron chi connectivity index (χ2n) is 4.85. The summed E-state index contributed by atoms with van der Waals surface area (Å²) in [6.07, 6.45) is 6.99. The molecule has 2 rings (SSSR count). The molecule has 0 heterocycles. The first-order valence-electron chi connectivity index (χ1n) is 6.73. The number of benzene rings is 1. The molecular formula is C15H19N3O2. The van der Waals surface area contributed by atoms with Crippen LogP contribution in [0.4, 0.5) is 5.69 Å². The van der Waals surface area contributed by atoms with Crippen molar-refractivity contribution in [3.05, 3.63) is 42.0 Å². The fourth-order valence-corrected chi connectivity index (χ4v) is 2.10. The van der Waals surface area contributed by atoms with Crippen molar-refractivity contribution in [3.63, 3.8) is 0 Å². The molecule has 2 amide bonds. The lowest BCUT2D eigenvalue weighted by molar-refractivity contribution is -0.120. The van der Waals surface area contributed by atoms with E-state index in [1.807, 2.05) is 0 Å². The molecule has 1 aliphatic carbocycles. The number of amides is 2. The summed E-state index contributed by atoms with van der Waals surface area (Å²) >= 11 is 0. The molecule has 0 aromatic heterocycles. The minimum Gasteiger partial charge on any atom is -0.399 e. The third kappa shape index (κ3) is 4.12. The molecule has 5 nitrogen and oxygen atoms in total. The van der Waals surface area contributed by atoms with Crippen molar-refractivity contribution in [1.29, 1.82) is 0 Å². The number of hydrogen-bond acceptors (Lipinski definition) is 3. The Balaban J connectivity index is 1.76. The Kier molecular flexibility index (Phi) is 4.76. The van der Waals surface area contributed by atoms with Gasteiger partial charge in [0, 0.05) is 17.3 Å². The summed E-state index contributed by atoms with van der Waals surface area (Å²) in [7, 11) is 0. The third-order valence-electron chi connectivity index (χ3n) is 3.22. The Hall–Kier alpha value is -2.30. The van der Waals surface area contributed by atoms with E-state index in [2.05, 4.69) is 22.8 Å². The standard InChI is InChI=1S/C15H19N3O2/c16-12-8-6-11(7-9-12)15(20)17-10-14(19)18-13-4-2-1-3-5-13/h1-2,6-9,13H,3-5,10,16H2,(H,17,20)(H,18,19). The number of anilines is 1. The summed E-state index contributed by atoms with van der Waals surface area (Å²) in [5.41, 5.74) is 6.65. The van der Waals surface area contributed by atoms with Crippen LogP contribution in [-0.4, -0.2) is 24.4 Å². The van der Waals surface area contributed by atoms with Gasteiger partial charge >= 0.3 is 0 Å². The van der Waals surface area contributed by atoms with Crippen LogP contribution in [0, 0.1) is 0 Å². The highest BCUT2D eigenvalue weighted by atomic mass is 16.2. The average Bonchev–Trinajstić information content (AvgIpc) is 2.46. The molecule has 0 saturated heterocycles. The van der Waals surface area contributed by atoms with E-state index >= 15 is 0 Å². The molecule has 106 valence electrons. The quantitative estimate of drug-likeness (QED) is 0.569. The zero-order valence-corrected chi connectivity index (χ0v) is 11.3. The average molecular weight is 273 g/mol. The van der Waals surface area contributed by atoms with Crippen LogP contribution in [0.1, 0.15) is 29.6 Å². The summed E-state index contributed by atoms with van der Waals surface area (Å²) in [6.45, 7) is -0.0105. The highest BCUT2D eigenvalue weighted by molar-refractivity contribution is 5.96. The molecule has 5 heteroatoms. The SMILES string of the molecule is Nc1ccc(C(=O)NCC(=O)NC2CC=CCC2)cc1. The second kappa shape index (κ2) is 6.75. The largest absolute Gasteiger partial charge is 0.399 e. The molecule has 0 fully saturated rings. The van der Waals surface area contributed by atoms with Crippen LogP contribution >= 0.6 is 0 Å². The number of nitrogens with one attached hydrogen (secondary N) is 2. The Morgan fingerprint density at radius 1 is 1.20 bits per heavy atom. The number of nitrogens with two attached hydrogens (primary N) is 1. The summed E-state index contributed by atoms with van der Waals surface area (Å²) in [6, 6.07) is 6.76. The number of carbonyl (C=O) groups is 2. The van der Waals surface area contributed by atoms with Gasteiger partial charge < -0.3 is 16.4 Å². The van der Waals surface area contributed by atoms with E-state index in [1.54, 1.807) is 24.3 Å². The minimum atomic E-state index is -0.274. The molecule has 20 heavy (non-hydrogen) atoms. The van der Waals surface area contributed by atoms with Crippen LogP contribution in [0.15, 0.2) is 36.4 Å². The van der Waals surface area contributed by atoms with E-state index in [1.165, 1.54) is 0 Å². The fraction of sp³-hybridized carbons (Fsp3) is 0.333. The first-order chi connectivity index (χ1) is 9.65. The monoisotopic (exact) mass is 273 g/mol. The number of carbonyl (C=O) groups excluding carboxylic acids is 2. The Morgan fingerprint density at radius 2 is 1.95 bits per heavy atom. The molecule has 1 aliphatic rings. The van der Waals surface area contributed by atoms with Crippen LogP contribution in [0.3, 0.4) is 0 Å². The highest BCUT2D eigenvalue weighted by Gasteiger charge is 2.13. The van der Waals surface area contributed by atoms with Crippen molar-refractivity contribution >= 4 is 17.5 Å². The molecule has 0 spiro atoms. The topological polar surface area (TPSA) is 84.2 Å². The van der Waals surface area contributed by atoms with Crippen molar-refractivity contribution in [2.24, 2.45) is 0 Å². The predicted molar refractivity (Wildman–Crippen MR) is 78.1 cm³/mol. The Morgan fingerprint density at radius 3 is 2.60 bits per heavy atom. The lowest BCUT2D eigenvalue weighted by Gasteiger charge is -2.19. The van der Waals surface area contributed by atoms with Gasteiger partial charge in [0.2, 0.25) is 5.91 Å². The maximum absolute atomic E-state index is 11.8. The summed E-state index contributed by atoms with van der Waals surface area (Å²) in [4.78, 5) is 23.5. The van der Waals surface area contributed by atoms with Crippen molar-refractivity contribution in [2.75, 3.05) is 12.3 Å². The van der Waals surface area contributed by atoms with Crippen molar-refractivity contribution < 1.29 is 9.59 Å². The molecule has 1 unspecified atom stereocenters. The minimum absolute atomic E-state index is 0.0105. The second-order valence-corrected chi connectivity index (χ2v) is 4.85. The van der Waals surface area contributed by atoms with Gasteiger partial charge in [-0.05, 0) is 43.5 Å². The summed E-state index contributed by atoms with van der Waals surface area (Å²) < 4.78 is 0. The van der Waals surface area contributed by atoms with Crippen molar-refractivity contribution in [1.82, 2.24) is 10.6 Å². The van der Waals surface area contributed by atoms with Gasteiger partial charge in [-0.1, -0.05) is 12.2 Å². The lowest BCUT2D eigenvalue weighted by Crippen LogP contribution is -2.42. The van der Waals surface area contributed by atoms with E-state index in [0.717, 1.165) is 19.3 Å². The first-order valence-corrected chi connectivity index (χ1v) is 6.73.